The van der Waals surface area contributed by atoms with Crippen molar-refractivity contribution in [2.75, 3.05) is 31.5 Å². The fraction of sp³-hybridized carbons (Fsp3) is 0.522. The summed E-state index contributed by atoms with van der Waals surface area (Å²) in [5.41, 5.74) is 3.40. The molecule has 2 aromatic heterocycles. The van der Waals surface area contributed by atoms with Crippen LogP contribution in [0.4, 0.5) is 19.3 Å². The van der Waals surface area contributed by atoms with Crippen LogP contribution in [0.25, 0.3) is 0 Å². The van der Waals surface area contributed by atoms with Crippen molar-refractivity contribution in [3.63, 3.8) is 0 Å². The first kappa shape index (κ1) is 54.7. The van der Waals surface area contributed by atoms with Crippen molar-refractivity contribution in [3.8, 4) is 12.0 Å². The second-order valence-corrected chi connectivity index (χ2v) is 21.5. The number of carbonyl (C=O) groups is 3. The van der Waals surface area contributed by atoms with E-state index in [4.69, 9.17) is 15.1 Å². The Morgan fingerprint density at radius 2 is 1.01 bits per heavy atom. The molecular weight excluding hydrogens is 923 g/mol. The maximum atomic E-state index is 14.1. The highest BCUT2D eigenvalue weighted by Crippen LogP contribution is 2.36. The summed E-state index contributed by atoms with van der Waals surface area (Å²) in [6.07, 6.45) is 3.54. The minimum Gasteiger partial charge on any atom is -0.387 e. The third-order valence-corrected chi connectivity index (χ3v) is 13.1. The van der Waals surface area contributed by atoms with Crippen LogP contribution in [-0.4, -0.2) is 90.2 Å². The van der Waals surface area contributed by atoms with Gasteiger partial charge in [0, 0.05) is 67.2 Å². The largest absolute Gasteiger partial charge is 0.387 e. The molecule has 0 bridgehead atoms. The van der Waals surface area contributed by atoms with E-state index in [2.05, 4.69) is 15.5 Å². The number of aromatic nitrogens is 4. The maximum absolute atomic E-state index is 14.1. The Balaban J connectivity index is 0.000000248. The number of sulfonamides is 2. The summed E-state index contributed by atoms with van der Waals surface area (Å²) < 4.78 is 85.7. The summed E-state index contributed by atoms with van der Waals surface area (Å²) in [7, 11) is -8.26. The molecule has 0 spiro atoms. The zero-order valence-corrected chi connectivity index (χ0v) is 42.4. The number of nitrogens with two attached hydrogens (primary N) is 1. The highest BCUT2D eigenvalue weighted by molar-refractivity contribution is 7.90. The highest BCUT2D eigenvalue weighted by atomic mass is 32.2. The summed E-state index contributed by atoms with van der Waals surface area (Å²) in [6, 6.07) is 6.60. The molecule has 2 aromatic carbocycles. The number of nitriles is 1. The first-order chi connectivity index (χ1) is 31.6. The lowest BCUT2D eigenvalue weighted by Crippen LogP contribution is -2.43. The number of anilines is 1. The molecule has 18 nitrogen and oxygen atoms in total. The summed E-state index contributed by atoms with van der Waals surface area (Å²) in [4.78, 5) is 40.9. The Morgan fingerprint density at radius 1 is 0.647 bits per heavy atom. The van der Waals surface area contributed by atoms with E-state index in [-0.39, 0.29) is 69.8 Å². The number of carbonyl (C=O) groups excluding carboxylic acids is 3. The third-order valence-electron chi connectivity index (χ3n) is 11.1. The van der Waals surface area contributed by atoms with E-state index in [1.54, 1.807) is 29.9 Å². The molecule has 0 unspecified atom stereocenters. The molecule has 0 saturated carbocycles. The van der Waals surface area contributed by atoms with Crippen molar-refractivity contribution in [1.29, 1.82) is 5.26 Å². The lowest BCUT2D eigenvalue weighted by atomic mass is 9.92. The standard InChI is InChI=1S/C23H32FN5O4S.C13H16FNO.C10H16N4O3S/c1-13(2)17-10-16(24)11-18(14(3)4)21(17)25-23(31)27-34(32,33)20-12-19(29(26-20)15(5)6)22(30)28-8-7-9-28;1-8(2)11-5-10(14)6-12(9(3)4)13(11)16-7-15;1-7(2)14-8(10(15)13-4-3-5-13)6-9(12-14)18(11,16)17/h10-15H,7-9H2,1-6H3,(H2,25,27,31);5-6,8-9H,1-4H3;6-7H,3-5H2,1-2H3,(H2,11,16,17). The molecule has 2 fully saturated rings. The summed E-state index contributed by atoms with van der Waals surface area (Å²) in [5, 5.41) is 23.6. The van der Waals surface area contributed by atoms with Crippen molar-refractivity contribution < 1.29 is 44.7 Å². The number of ether oxygens (including phenoxy) is 1. The number of nitrogens with zero attached hydrogens (tertiary/aromatic N) is 7. The number of halogens is 2. The summed E-state index contributed by atoms with van der Waals surface area (Å²) in [5.74, 6) is -0.677. The Bertz CT molecular complexity index is 2690. The first-order valence-corrected chi connectivity index (χ1v) is 25.5. The zero-order chi connectivity index (χ0) is 51.2. The van der Waals surface area contributed by atoms with Crippen LogP contribution in [0.2, 0.25) is 0 Å². The Hall–Kier alpha value is -5.92. The van der Waals surface area contributed by atoms with Gasteiger partial charge in [0.1, 0.15) is 28.8 Å². The predicted octanol–water partition coefficient (Wildman–Crippen LogP) is 8.10. The van der Waals surface area contributed by atoms with Gasteiger partial charge in [0.25, 0.3) is 38.1 Å². The summed E-state index contributed by atoms with van der Waals surface area (Å²) >= 11 is 0. The van der Waals surface area contributed by atoms with Crippen LogP contribution >= 0.6 is 0 Å². The van der Waals surface area contributed by atoms with Gasteiger partial charge in [-0.2, -0.15) is 18.6 Å². The zero-order valence-electron chi connectivity index (χ0n) is 40.7. The molecule has 2 saturated heterocycles. The molecule has 4 heterocycles. The fourth-order valence-electron chi connectivity index (χ4n) is 7.16. The minimum atomic E-state index is -4.38. The lowest BCUT2D eigenvalue weighted by Gasteiger charge is -2.31. The van der Waals surface area contributed by atoms with Crippen LogP contribution in [0.15, 0.2) is 46.5 Å². The van der Waals surface area contributed by atoms with Crippen molar-refractivity contribution in [2.45, 2.75) is 142 Å². The molecule has 0 aliphatic carbocycles. The average Bonchev–Trinajstić information content (AvgIpc) is 3.85. The molecule has 0 atom stereocenters. The second-order valence-electron chi connectivity index (χ2n) is 18.4. The Labute approximate surface area is 398 Å². The van der Waals surface area contributed by atoms with E-state index in [1.165, 1.54) is 45.8 Å². The molecule has 4 N–H and O–H groups in total. The van der Waals surface area contributed by atoms with E-state index >= 15 is 0 Å². The van der Waals surface area contributed by atoms with Crippen LogP contribution in [0.1, 0.15) is 175 Å². The average molecular weight is 987 g/mol. The van der Waals surface area contributed by atoms with Gasteiger partial charge in [0.05, 0.1) is 0 Å². The predicted molar refractivity (Wildman–Crippen MR) is 252 cm³/mol. The van der Waals surface area contributed by atoms with E-state index in [9.17, 15) is 40.0 Å². The number of amides is 4. The van der Waals surface area contributed by atoms with Crippen LogP contribution in [-0.2, 0) is 20.0 Å². The third kappa shape index (κ3) is 13.2. The van der Waals surface area contributed by atoms with Crippen molar-refractivity contribution in [2.24, 2.45) is 5.14 Å². The van der Waals surface area contributed by atoms with Gasteiger partial charge >= 0.3 is 6.03 Å². The normalized spacial score (nSPS) is 13.7. The second kappa shape index (κ2) is 22.5. The van der Waals surface area contributed by atoms with E-state index < -0.39 is 36.9 Å². The van der Waals surface area contributed by atoms with Gasteiger partial charge < -0.3 is 19.9 Å². The number of hydrogen-bond donors (Lipinski definition) is 3. The molecule has 22 heteroatoms. The van der Waals surface area contributed by atoms with E-state index in [1.807, 2.05) is 74.0 Å². The van der Waals surface area contributed by atoms with Gasteiger partial charge in [-0.25, -0.2) is 31.9 Å². The number of likely N-dealkylation sites (tertiary alicyclic amines) is 2. The van der Waals surface area contributed by atoms with Gasteiger partial charge in [-0.1, -0.05) is 55.4 Å². The van der Waals surface area contributed by atoms with Crippen LogP contribution in [0, 0.1) is 23.2 Å². The Morgan fingerprint density at radius 3 is 1.34 bits per heavy atom. The fourth-order valence-corrected chi connectivity index (χ4v) is 8.50. The van der Waals surface area contributed by atoms with Gasteiger partial charge in [-0.3, -0.25) is 19.0 Å². The number of benzene rings is 2. The maximum Gasteiger partial charge on any atom is 0.333 e. The highest BCUT2D eigenvalue weighted by Gasteiger charge is 2.32. The van der Waals surface area contributed by atoms with Gasteiger partial charge in [0.2, 0.25) is 0 Å². The molecule has 4 aromatic rings. The lowest BCUT2D eigenvalue weighted by molar-refractivity contribution is 0.0630. The quantitative estimate of drug-likeness (QED) is 0.108. The number of primary sulfonamides is 1. The van der Waals surface area contributed by atoms with E-state index in [0.717, 1.165) is 24.0 Å². The molecule has 6 rings (SSSR count). The van der Waals surface area contributed by atoms with Crippen LogP contribution in [0.5, 0.6) is 5.75 Å². The molecule has 68 heavy (non-hydrogen) atoms. The number of nitrogens with one attached hydrogen (secondary N) is 2. The number of urea groups is 1. The van der Waals surface area contributed by atoms with Crippen LogP contribution in [0.3, 0.4) is 0 Å². The van der Waals surface area contributed by atoms with Crippen molar-refractivity contribution >= 4 is 43.6 Å². The minimum absolute atomic E-state index is 0.110. The van der Waals surface area contributed by atoms with Crippen LogP contribution < -0.4 is 19.9 Å². The SMILES string of the molecule is CC(C)c1cc(F)cc(C(C)C)c1NC(=O)NS(=O)(=O)c1cc(C(=O)N2CCC2)n(C(C)C)n1.CC(C)c1cc(F)cc(C(C)C)c1OC#N.CC(C)n1nc(S(N)(=O)=O)cc1C(=O)N1CCC1. The van der Waals surface area contributed by atoms with Crippen molar-refractivity contribution in [1.82, 2.24) is 34.1 Å². The number of hydrogen-bond acceptors (Lipinski definition) is 11. The van der Waals surface area contributed by atoms with Crippen molar-refractivity contribution in [3.05, 3.63) is 81.7 Å². The summed E-state index contributed by atoms with van der Waals surface area (Å²) in [6.45, 7) is 25.1. The topological polar surface area (TPSA) is 245 Å². The smallest absolute Gasteiger partial charge is 0.333 e. The molecule has 372 valence electrons. The molecule has 2 aliphatic heterocycles. The Kier molecular flexibility index (Phi) is 18.1. The number of rotatable bonds is 13. The molecule has 4 amide bonds. The monoisotopic (exact) mass is 986 g/mol. The van der Waals surface area contributed by atoms with Gasteiger partial charge in [-0.05, 0) is 99.6 Å². The first-order valence-electron chi connectivity index (χ1n) is 22.5. The molecular formula is C46H64F2N10O8S2. The molecule has 0 radical (unpaired) electrons. The van der Waals surface area contributed by atoms with Gasteiger partial charge in [-0.15, -0.1) is 5.26 Å². The molecule has 2 aliphatic rings. The van der Waals surface area contributed by atoms with Gasteiger partial charge in [0.15, 0.2) is 10.1 Å². The van der Waals surface area contributed by atoms with E-state index in [0.29, 0.717) is 48.7 Å².